The molecule has 5 nitrogen and oxygen atoms in total. The summed E-state index contributed by atoms with van der Waals surface area (Å²) in [4.78, 5) is 30.2. The first-order chi connectivity index (χ1) is 14.2. The molecule has 1 N–H and O–H groups in total. The van der Waals surface area contributed by atoms with Crippen LogP contribution in [0.25, 0.3) is 9.88 Å². The number of nitrogens with zero attached hydrogens (tertiary/aromatic N) is 1. The lowest BCUT2D eigenvalue weighted by Gasteiger charge is -2.07. The van der Waals surface area contributed by atoms with Gasteiger partial charge in [0, 0.05) is 17.5 Å². The Hall–Kier alpha value is -3.29. The van der Waals surface area contributed by atoms with Crippen LogP contribution in [0.4, 0.5) is 0 Å². The standard InChI is InChI=1S/C22H16N2O3S2/c25-20(23-13-15-6-2-1-3-7-15)16-8-4-9-17(12-16)27-22(26)18-14-29-21(24-18)19-10-5-11-28-19/h1-12,14H,13H2,(H,23,25). The Kier molecular flexibility index (Phi) is 5.79. The second-order valence-electron chi connectivity index (χ2n) is 6.10. The van der Waals surface area contributed by atoms with Gasteiger partial charge in [-0.3, -0.25) is 4.79 Å². The number of rotatable bonds is 6. The van der Waals surface area contributed by atoms with Crippen LogP contribution in [0.2, 0.25) is 0 Å². The van der Waals surface area contributed by atoms with Crippen molar-refractivity contribution in [3.8, 4) is 15.6 Å². The molecule has 0 saturated heterocycles. The Balaban J connectivity index is 1.40. The molecule has 0 unspecified atom stereocenters. The van der Waals surface area contributed by atoms with Crippen LogP contribution >= 0.6 is 22.7 Å². The molecule has 2 aromatic carbocycles. The maximum Gasteiger partial charge on any atom is 0.363 e. The summed E-state index contributed by atoms with van der Waals surface area (Å²) in [5, 5.41) is 7.27. The number of amides is 1. The largest absolute Gasteiger partial charge is 0.422 e. The van der Waals surface area contributed by atoms with E-state index in [1.165, 1.54) is 11.3 Å². The zero-order chi connectivity index (χ0) is 20.1. The summed E-state index contributed by atoms with van der Waals surface area (Å²) in [6, 6.07) is 20.1. The van der Waals surface area contributed by atoms with Crippen molar-refractivity contribution in [2.24, 2.45) is 0 Å². The molecule has 0 radical (unpaired) electrons. The summed E-state index contributed by atoms with van der Waals surface area (Å²) in [5.41, 5.74) is 1.68. The number of aromatic nitrogens is 1. The molecule has 4 aromatic rings. The van der Waals surface area contributed by atoms with Crippen molar-refractivity contribution in [3.05, 3.63) is 94.3 Å². The molecule has 0 aliphatic carbocycles. The highest BCUT2D eigenvalue weighted by atomic mass is 32.1. The van der Waals surface area contributed by atoms with E-state index in [0.29, 0.717) is 17.9 Å². The summed E-state index contributed by atoms with van der Waals surface area (Å²) in [7, 11) is 0. The van der Waals surface area contributed by atoms with E-state index >= 15 is 0 Å². The van der Waals surface area contributed by atoms with Crippen LogP contribution < -0.4 is 10.1 Å². The quantitative estimate of drug-likeness (QED) is 0.351. The van der Waals surface area contributed by atoms with Crippen LogP contribution in [0.3, 0.4) is 0 Å². The third-order valence-electron chi connectivity index (χ3n) is 4.05. The highest BCUT2D eigenvalue weighted by molar-refractivity contribution is 7.20. The average molecular weight is 421 g/mol. The lowest BCUT2D eigenvalue weighted by atomic mass is 10.2. The van der Waals surface area contributed by atoms with E-state index in [9.17, 15) is 9.59 Å². The monoisotopic (exact) mass is 420 g/mol. The van der Waals surface area contributed by atoms with E-state index in [1.807, 2.05) is 47.8 Å². The molecule has 0 fully saturated rings. The Morgan fingerprint density at radius 3 is 2.62 bits per heavy atom. The van der Waals surface area contributed by atoms with E-state index in [0.717, 1.165) is 15.4 Å². The molecule has 0 spiro atoms. The van der Waals surface area contributed by atoms with Gasteiger partial charge in [0.2, 0.25) is 0 Å². The van der Waals surface area contributed by atoms with Crippen LogP contribution in [0.5, 0.6) is 5.75 Å². The molecule has 29 heavy (non-hydrogen) atoms. The van der Waals surface area contributed by atoms with Gasteiger partial charge in [-0.05, 0) is 35.2 Å². The first kappa shape index (κ1) is 19.0. The second-order valence-corrected chi connectivity index (χ2v) is 7.91. The Bertz CT molecular complexity index is 1120. The zero-order valence-electron chi connectivity index (χ0n) is 15.2. The Labute approximate surface area is 175 Å². The van der Waals surface area contributed by atoms with E-state index in [4.69, 9.17) is 4.74 Å². The molecule has 0 bridgehead atoms. The van der Waals surface area contributed by atoms with Crippen LogP contribution in [0, 0.1) is 0 Å². The second kappa shape index (κ2) is 8.81. The SMILES string of the molecule is O=C(NCc1ccccc1)c1cccc(OC(=O)c2csc(-c3cccs3)n2)c1. The maximum atomic E-state index is 12.4. The Morgan fingerprint density at radius 1 is 0.966 bits per heavy atom. The van der Waals surface area contributed by atoms with Gasteiger partial charge < -0.3 is 10.1 Å². The number of esters is 1. The van der Waals surface area contributed by atoms with E-state index in [1.54, 1.807) is 41.0 Å². The Morgan fingerprint density at radius 2 is 1.83 bits per heavy atom. The molecule has 2 aromatic heterocycles. The van der Waals surface area contributed by atoms with Crippen molar-refractivity contribution in [2.75, 3.05) is 0 Å². The third-order valence-corrected chi connectivity index (χ3v) is 5.93. The fourth-order valence-electron chi connectivity index (χ4n) is 2.62. The van der Waals surface area contributed by atoms with Crippen LogP contribution in [0.1, 0.15) is 26.4 Å². The highest BCUT2D eigenvalue weighted by Gasteiger charge is 2.15. The minimum atomic E-state index is -0.550. The lowest BCUT2D eigenvalue weighted by Crippen LogP contribution is -2.22. The number of carbonyl (C=O) groups is 2. The van der Waals surface area contributed by atoms with Crippen molar-refractivity contribution < 1.29 is 14.3 Å². The molecular weight excluding hydrogens is 404 g/mol. The van der Waals surface area contributed by atoms with Gasteiger partial charge in [-0.15, -0.1) is 22.7 Å². The predicted octanol–water partition coefficient (Wildman–Crippen LogP) is 5.02. The van der Waals surface area contributed by atoms with E-state index in [-0.39, 0.29) is 11.6 Å². The minimum Gasteiger partial charge on any atom is -0.422 e. The first-order valence-corrected chi connectivity index (χ1v) is 10.6. The summed E-state index contributed by atoms with van der Waals surface area (Å²) < 4.78 is 5.41. The molecular formula is C22H16N2O3S2. The predicted molar refractivity (Wildman–Crippen MR) is 114 cm³/mol. The fourth-order valence-corrected chi connectivity index (χ4v) is 4.22. The molecule has 0 saturated carbocycles. The first-order valence-electron chi connectivity index (χ1n) is 8.83. The van der Waals surface area contributed by atoms with Gasteiger partial charge in [-0.25, -0.2) is 9.78 Å². The van der Waals surface area contributed by atoms with Gasteiger partial charge in [0.05, 0.1) is 4.88 Å². The van der Waals surface area contributed by atoms with Crippen molar-refractivity contribution in [3.63, 3.8) is 0 Å². The summed E-state index contributed by atoms with van der Waals surface area (Å²) >= 11 is 2.96. The van der Waals surface area contributed by atoms with Crippen LogP contribution in [-0.2, 0) is 6.54 Å². The van der Waals surface area contributed by atoms with Crippen LogP contribution in [0.15, 0.2) is 77.5 Å². The molecule has 0 aliphatic rings. The zero-order valence-corrected chi connectivity index (χ0v) is 16.8. The normalized spacial score (nSPS) is 10.5. The smallest absolute Gasteiger partial charge is 0.363 e. The molecule has 1 amide bonds. The van der Waals surface area contributed by atoms with Crippen LogP contribution in [-0.4, -0.2) is 16.9 Å². The number of thiophene rings is 1. The van der Waals surface area contributed by atoms with Gasteiger partial charge in [0.25, 0.3) is 5.91 Å². The van der Waals surface area contributed by atoms with E-state index < -0.39 is 5.97 Å². The minimum absolute atomic E-state index is 0.236. The summed E-state index contributed by atoms with van der Waals surface area (Å²) in [6.45, 7) is 0.425. The van der Waals surface area contributed by atoms with Gasteiger partial charge in [0.1, 0.15) is 10.8 Å². The van der Waals surface area contributed by atoms with E-state index in [2.05, 4.69) is 10.3 Å². The summed E-state index contributed by atoms with van der Waals surface area (Å²) in [6.07, 6.45) is 0. The molecule has 7 heteroatoms. The van der Waals surface area contributed by atoms with Crippen molar-refractivity contribution >= 4 is 34.6 Å². The molecule has 0 atom stereocenters. The summed E-state index contributed by atoms with van der Waals surface area (Å²) in [5.74, 6) is -0.487. The number of benzene rings is 2. The number of carbonyl (C=O) groups excluding carboxylic acids is 2. The maximum absolute atomic E-state index is 12.4. The highest BCUT2D eigenvalue weighted by Crippen LogP contribution is 2.28. The fraction of sp³-hybridized carbons (Fsp3) is 0.0455. The molecule has 0 aliphatic heterocycles. The van der Waals surface area contributed by atoms with Crippen molar-refractivity contribution in [1.29, 1.82) is 0 Å². The lowest BCUT2D eigenvalue weighted by molar-refractivity contribution is 0.0728. The van der Waals surface area contributed by atoms with Gasteiger partial charge >= 0.3 is 5.97 Å². The number of nitrogens with one attached hydrogen (secondary N) is 1. The van der Waals surface area contributed by atoms with Crippen molar-refractivity contribution in [2.45, 2.75) is 6.54 Å². The number of hydrogen-bond donors (Lipinski definition) is 1. The van der Waals surface area contributed by atoms with Gasteiger partial charge in [0.15, 0.2) is 5.69 Å². The molecule has 144 valence electrons. The number of thiazole rings is 1. The van der Waals surface area contributed by atoms with Gasteiger partial charge in [-0.1, -0.05) is 42.5 Å². The number of ether oxygens (including phenoxy) is 1. The molecule has 4 rings (SSSR count). The molecule has 2 heterocycles. The third kappa shape index (κ3) is 4.77. The average Bonchev–Trinajstić information content (AvgIpc) is 3.45. The van der Waals surface area contributed by atoms with Gasteiger partial charge in [-0.2, -0.15) is 0 Å². The topological polar surface area (TPSA) is 68.3 Å². The number of hydrogen-bond acceptors (Lipinski definition) is 6. The van der Waals surface area contributed by atoms with Crippen molar-refractivity contribution in [1.82, 2.24) is 10.3 Å².